The lowest BCUT2D eigenvalue weighted by Crippen LogP contribution is -2.40. The molecule has 0 aromatic rings. The number of nitrogens with zero attached hydrogens (tertiary/aromatic N) is 1. The van der Waals surface area contributed by atoms with Crippen molar-refractivity contribution in [3.8, 4) is 0 Å². The number of carbonyl (C=O) groups excluding carboxylic acids is 2. The van der Waals surface area contributed by atoms with Gasteiger partial charge < -0.3 is 15.5 Å². The number of hydrogen-bond donors (Lipinski definition) is 2. The first-order valence-corrected chi connectivity index (χ1v) is 6.87. The summed E-state index contributed by atoms with van der Waals surface area (Å²) in [6.45, 7) is 6.50. The van der Waals surface area contributed by atoms with Crippen molar-refractivity contribution in [3.63, 3.8) is 0 Å². The van der Waals surface area contributed by atoms with E-state index in [1.54, 1.807) is 0 Å². The SMILES string of the molecule is CC(C)NC(=O)CNCCC(=O)N1CCCCC1. The quantitative estimate of drug-likeness (QED) is 0.680. The molecule has 0 aromatic heterocycles. The maximum absolute atomic E-state index is 11.8. The number of rotatable bonds is 6. The van der Waals surface area contributed by atoms with Crippen LogP contribution in [0.15, 0.2) is 0 Å². The van der Waals surface area contributed by atoms with E-state index in [2.05, 4.69) is 10.6 Å². The van der Waals surface area contributed by atoms with Crippen LogP contribution in [0.4, 0.5) is 0 Å². The number of piperidine rings is 1. The standard InChI is InChI=1S/C13H25N3O2/c1-11(2)15-12(17)10-14-7-6-13(18)16-8-4-3-5-9-16/h11,14H,3-10H2,1-2H3,(H,15,17). The zero-order chi connectivity index (χ0) is 13.4. The Bertz CT molecular complexity index is 273. The highest BCUT2D eigenvalue weighted by Gasteiger charge is 2.15. The summed E-state index contributed by atoms with van der Waals surface area (Å²) in [5.41, 5.74) is 0. The van der Waals surface area contributed by atoms with Crippen LogP contribution < -0.4 is 10.6 Å². The Morgan fingerprint density at radius 2 is 1.83 bits per heavy atom. The Kier molecular flexibility index (Phi) is 6.72. The summed E-state index contributed by atoms with van der Waals surface area (Å²) < 4.78 is 0. The summed E-state index contributed by atoms with van der Waals surface area (Å²) in [6.07, 6.45) is 3.96. The molecule has 18 heavy (non-hydrogen) atoms. The predicted molar refractivity (Wildman–Crippen MR) is 71.2 cm³/mol. The smallest absolute Gasteiger partial charge is 0.234 e. The van der Waals surface area contributed by atoms with Crippen LogP contribution in [-0.4, -0.2) is 48.9 Å². The number of hydrogen-bond acceptors (Lipinski definition) is 3. The van der Waals surface area contributed by atoms with E-state index in [1.807, 2.05) is 18.7 Å². The van der Waals surface area contributed by atoms with Gasteiger partial charge in [-0.3, -0.25) is 9.59 Å². The summed E-state index contributed by atoms with van der Waals surface area (Å²) >= 11 is 0. The molecule has 0 unspecified atom stereocenters. The second-order valence-electron chi connectivity index (χ2n) is 5.09. The van der Waals surface area contributed by atoms with Crippen LogP contribution in [0.2, 0.25) is 0 Å². The van der Waals surface area contributed by atoms with Crippen molar-refractivity contribution in [2.45, 2.75) is 45.6 Å². The van der Waals surface area contributed by atoms with Gasteiger partial charge in [-0.2, -0.15) is 0 Å². The van der Waals surface area contributed by atoms with Gasteiger partial charge in [0.05, 0.1) is 6.54 Å². The van der Waals surface area contributed by atoms with Crippen molar-refractivity contribution < 1.29 is 9.59 Å². The second-order valence-corrected chi connectivity index (χ2v) is 5.09. The van der Waals surface area contributed by atoms with Gasteiger partial charge in [0.2, 0.25) is 11.8 Å². The van der Waals surface area contributed by atoms with E-state index in [1.165, 1.54) is 6.42 Å². The van der Waals surface area contributed by atoms with E-state index in [0.29, 0.717) is 13.0 Å². The van der Waals surface area contributed by atoms with Crippen LogP contribution in [0.3, 0.4) is 0 Å². The molecule has 5 heteroatoms. The van der Waals surface area contributed by atoms with Gasteiger partial charge >= 0.3 is 0 Å². The highest BCUT2D eigenvalue weighted by Crippen LogP contribution is 2.09. The van der Waals surface area contributed by atoms with Crippen LogP contribution in [0.25, 0.3) is 0 Å². The van der Waals surface area contributed by atoms with E-state index in [9.17, 15) is 9.59 Å². The summed E-state index contributed by atoms with van der Waals surface area (Å²) in [4.78, 5) is 25.1. The Labute approximate surface area is 109 Å². The first-order chi connectivity index (χ1) is 8.59. The Balaban J connectivity index is 2.06. The first-order valence-electron chi connectivity index (χ1n) is 6.87. The number of likely N-dealkylation sites (tertiary alicyclic amines) is 1. The molecular weight excluding hydrogens is 230 g/mol. The molecule has 1 aliphatic rings. The van der Waals surface area contributed by atoms with Gasteiger partial charge in [-0.25, -0.2) is 0 Å². The van der Waals surface area contributed by atoms with Gasteiger partial charge in [-0.05, 0) is 33.1 Å². The summed E-state index contributed by atoms with van der Waals surface area (Å²) in [6, 6.07) is 0.161. The van der Waals surface area contributed by atoms with E-state index in [-0.39, 0.29) is 24.4 Å². The van der Waals surface area contributed by atoms with Crippen LogP contribution in [0.5, 0.6) is 0 Å². The molecule has 5 nitrogen and oxygen atoms in total. The van der Waals surface area contributed by atoms with Gasteiger partial charge in [0.15, 0.2) is 0 Å². The van der Waals surface area contributed by atoms with Gasteiger partial charge in [0.1, 0.15) is 0 Å². The molecule has 2 N–H and O–H groups in total. The normalized spacial score (nSPS) is 15.8. The highest BCUT2D eigenvalue weighted by atomic mass is 16.2. The molecule has 0 aromatic carbocycles. The van der Waals surface area contributed by atoms with E-state index >= 15 is 0 Å². The van der Waals surface area contributed by atoms with Crippen molar-refractivity contribution in [1.29, 1.82) is 0 Å². The largest absolute Gasteiger partial charge is 0.353 e. The molecule has 0 bridgehead atoms. The zero-order valence-corrected chi connectivity index (χ0v) is 11.5. The highest BCUT2D eigenvalue weighted by molar-refractivity contribution is 5.78. The lowest BCUT2D eigenvalue weighted by atomic mass is 10.1. The maximum Gasteiger partial charge on any atom is 0.234 e. The topological polar surface area (TPSA) is 61.4 Å². The molecule has 0 atom stereocenters. The number of carbonyl (C=O) groups is 2. The number of nitrogens with one attached hydrogen (secondary N) is 2. The van der Waals surface area contributed by atoms with E-state index in [4.69, 9.17) is 0 Å². The molecule has 0 spiro atoms. The molecular formula is C13H25N3O2. The molecule has 2 amide bonds. The average molecular weight is 255 g/mol. The fraction of sp³-hybridized carbons (Fsp3) is 0.846. The summed E-state index contributed by atoms with van der Waals surface area (Å²) in [5, 5.41) is 5.80. The van der Waals surface area contributed by atoms with Gasteiger partial charge in [-0.1, -0.05) is 0 Å². The van der Waals surface area contributed by atoms with E-state index < -0.39 is 0 Å². The van der Waals surface area contributed by atoms with Crippen LogP contribution in [0, 0.1) is 0 Å². The third-order valence-electron chi connectivity index (χ3n) is 2.96. The molecule has 0 radical (unpaired) electrons. The van der Waals surface area contributed by atoms with Crippen LogP contribution in [-0.2, 0) is 9.59 Å². The molecule has 0 aliphatic carbocycles. The minimum absolute atomic E-state index is 0.0181. The average Bonchev–Trinajstić information content (AvgIpc) is 2.34. The van der Waals surface area contributed by atoms with E-state index in [0.717, 1.165) is 25.9 Å². The third-order valence-corrected chi connectivity index (χ3v) is 2.96. The molecule has 1 heterocycles. The maximum atomic E-state index is 11.8. The molecule has 104 valence electrons. The van der Waals surface area contributed by atoms with Crippen molar-refractivity contribution in [3.05, 3.63) is 0 Å². The van der Waals surface area contributed by atoms with Gasteiger partial charge in [-0.15, -0.1) is 0 Å². The fourth-order valence-electron chi connectivity index (χ4n) is 2.07. The Hall–Kier alpha value is -1.10. The fourth-order valence-corrected chi connectivity index (χ4v) is 2.07. The zero-order valence-electron chi connectivity index (χ0n) is 11.5. The Morgan fingerprint density at radius 1 is 1.17 bits per heavy atom. The molecule has 1 saturated heterocycles. The first kappa shape index (κ1) is 15.0. The molecule has 0 saturated carbocycles. The lowest BCUT2D eigenvalue weighted by molar-refractivity contribution is -0.132. The lowest BCUT2D eigenvalue weighted by Gasteiger charge is -2.26. The van der Waals surface area contributed by atoms with Crippen molar-refractivity contribution in [2.75, 3.05) is 26.2 Å². The van der Waals surface area contributed by atoms with Crippen molar-refractivity contribution in [2.24, 2.45) is 0 Å². The summed E-state index contributed by atoms with van der Waals surface area (Å²) in [5.74, 6) is 0.182. The monoisotopic (exact) mass is 255 g/mol. The predicted octanol–water partition coefficient (Wildman–Crippen LogP) is 0.503. The molecule has 1 fully saturated rings. The minimum Gasteiger partial charge on any atom is -0.353 e. The van der Waals surface area contributed by atoms with Crippen LogP contribution >= 0.6 is 0 Å². The summed E-state index contributed by atoms with van der Waals surface area (Å²) in [7, 11) is 0. The van der Waals surface area contributed by atoms with Gasteiger partial charge in [0, 0.05) is 32.1 Å². The number of amides is 2. The second kappa shape index (κ2) is 8.08. The van der Waals surface area contributed by atoms with Crippen molar-refractivity contribution in [1.82, 2.24) is 15.5 Å². The van der Waals surface area contributed by atoms with Crippen molar-refractivity contribution >= 4 is 11.8 Å². The molecule has 1 rings (SSSR count). The Morgan fingerprint density at radius 3 is 2.44 bits per heavy atom. The molecule has 1 aliphatic heterocycles. The van der Waals surface area contributed by atoms with Crippen LogP contribution in [0.1, 0.15) is 39.5 Å². The third kappa shape index (κ3) is 6.00. The minimum atomic E-state index is -0.0181. The van der Waals surface area contributed by atoms with Gasteiger partial charge in [0.25, 0.3) is 0 Å².